The Morgan fingerprint density at radius 3 is 2.88 bits per heavy atom. The van der Waals surface area contributed by atoms with Crippen LogP contribution < -0.4 is 5.73 Å². The maximum atomic E-state index is 10.7. The highest BCUT2D eigenvalue weighted by Gasteiger charge is 2.12. The van der Waals surface area contributed by atoms with Gasteiger partial charge in [0.15, 0.2) is 0 Å². The van der Waals surface area contributed by atoms with Crippen LogP contribution in [0.4, 0.5) is 11.4 Å². The Hall–Kier alpha value is -2.37. The first-order chi connectivity index (χ1) is 8.08. The Kier molecular flexibility index (Phi) is 2.78. The van der Waals surface area contributed by atoms with Crippen LogP contribution >= 0.6 is 0 Å². The molecule has 1 heterocycles. The maximum Gasteiger partial charge on any atom is 0.292 e. The third-order valence-electron chi connectivity index (χ3n) is 2.57. The van der Waals surface area contributed by atoms with Crippen LogP contribution in [0.25, 0.3) is 0 Å². The van der Waals surface area contributed by atoms with Gasteiger partial charge in [0.2, 0.25) is 0 Å². The lowest BCUT2D eigenvalue weighted by Gasteiger charge is -2.06. The van der Waals surface area contributed by atoms with Gasteiger partial charge in [0, 0.05) is 25.0 Å². The summed E-state index contributed by atoms with van der Waals surface area (Å²) in [6.45, 7) is 2.43. The van der Waals surface area contributed by atoms with E-state index in [1.54, 1.807) is 18.3 Å². The molecule has 6 nitrogen and oxygen atoms in total. The van der Waals surface area contributed by atoms with Crippen LogP contribution in [0.1, 0.15) is 11.4 Å². The van der Waals surface area contributed by atoms with Gasteiger partial charge in [-0.25, -0.2) is 4.98 Å². The molecule has 88 valence electrons. The fraction of sp³-hybridized carbons (Fsp3) is 0.182. The summed E-state index contributed by atoms with van der Waals surface area (Å²) in [7, 11) is 0. The fourth-order valence-corrected chi connectivity index (χ4v) is 1.61. The summed E-state index contributed by atoms with van der Waals surface area (Å²) in [5.74, 6) is 0.865. The van der Waals surface area contributed by atoms with Crippen molar-refractivity contribution >= 4 is 11.4 Å². The van der Waals surface area contributed by atoms with Gasteiger partial charge in [-0.1, -0.05) is 6.07 Å². The van der Waals surface area contributed by atoms with Gasteiger partial charge in [-0.15, -0.1) is 0 Å². The maximum absolute atomic E-state index is 10.7. The Morgan fingerprint density at radius 1 is 1.53 bits per heavy atom. The molecule has 0 fully saturated rings. The summed E-state index contributed by atoms with van der Waals surface area (Å²) in [4.78, 5) is 14.4. The monoisotopic (exact) mass is 232 g/mol. The third-order valence-corrected chi connectivity index (χ3v) is 2.57. The van der Waals surface area contributed by atoms with Gasteiger partial charge < -0.3 is 10.3 Å². The molecule has 0 saturated heterocycles. The predicted molar refractivity (Wildman–Crippen MR) is 63.6 cm³/mol. The van der Waals surface area contributed by atoms with Crippen LogP contribution in [0.3, 0.4) is 0 Å². The summed E-state index contributed by atoms with van der Waals surface area (Å²) < 4.78 is 1.91. The first kappa shape index (κ1) is 11.1. The van der Waals surface area contributed by atoms with Crippen LogP contribution in [0.5, 0.6) is 0 Å². The van der Waals surface area contributed by atoms with Gasteiger partial charge >= 0.3 is 0 Å². The lowest BCUT2D eigenvalue weighted by atomic mass is 10.1. The SMILES string of the molecule is Cc1nccn1Cc1ccc(N)c([N+](=O)[O-])c1. The van der Waals surface area contributed by atoms with E-state index in [-0.39, 0.29) is 11.4 Å². The second-order valence-corrected chi connectivity index (χ2v) is 3.75. The van der Waals surface area contributed by atoms with Crippen LogP contribution in [0.2, 0.25) is 0 Å². The Morgan fingerprint density at radius 2 is 2.29 bits per heavy atom. The number of imidazole rings is 1. The van der Waals surface area contributed by atoms with Gasteiger partial charge in [0.05, 0.1) is 4.92 Å². The molecule has 17 heavy (non-hydrogen) atoms. The molecule has 0 saturated carbocycles. The van der Waals surface area contributed by atoms with Gasteiger partial charge in [0.1, 0.15) is 11.5 Å². The molecular weight excluding hydrogens is 220 g/mol. The fourth-order valence-electron chi connectivity index (χ4n) is 1.61. The van der Waals surface area contributed by atoms with Gasteiger partial charge in [-0.3, -0.25) is 10.1 Å². The number of hydrogen-bond acceptors (Lipinski definition) is 4. The Labute approximate surface area is 97.9 Å². The molecule has 0 bridgehead atoms. The third kappa shape index (κ3) is 2.25. The van der Waals surface area contributed by atoms with Gasteiger partial charge in [-0.2, -0.15) is 0 Å². The standard InChI is InChI=1S/C11H12N4O2/c1-8-13-4-5-14(8)7-9-2-3-10(12)11(6-9)15(16)17/h2-6H,7,12H2,1H3. The zero-order valence-electron chi connectivity index (χ0n) is 9.33. The summed E-state index contributed by atoms with van der Waals surface area (Å²) in [5, 5.41) is 10.7. The normalized spacial score (nSPS) is 10.4. The molecule has 2 rings (SSSR count). The number of nitrogen functional groups attached to an aromatic ring is 1. The van der Waals surface area contributed by atoms with E-state index in [2.05, 4.69) is 4.98 Å². The summed E-state index contributed by atoms with van der Waals surface area (Å²) in [6, 6.07) is 4.83. The Balaban J connectivity index is 2.32. The van der Waals surface area contributed by atoms with Crippen molar-refractivity contribution in [2.45, 2.75) is 13.5 Å². The minimum Gasteiger partial charge on any atom is -0.393 e. The number of nitro benzene ring substituents is 1. The minimum absolute atomic E-state index is 0.0553. The molecule has 2 aromatic rings. The van der Waals surface area contributed by atoms with E-state index in [0.29, 0.717) is 6.54 Å². The first-order valence-corrected chi connectivity index (χ1v) is 5.08. The van der Waals surface area contributed by atoms with Crippen LogP contribution in [-0.4, -0.2) is 14.5 Å². The van der Waals surface area contributed by atoms with Crippen LogP contribution in [0.15, 0.2) is 30.6 Å². The van der Waals surface area contributed by atoms with Crippen molar-refractivity contribution in [2.24, 2.45) is 0 Å². The molecular formula is C11H12N4O2. The number of nitro groups is 1. The van der Waals surface area contributed by atoms with Crippen molar-refractivity contribution in [1.82, 2.24) is 9.55 Å². The van der Waals surface area contributed by atoms with Crippen LogP contribution in [-0.2, 0) is 6.54 Å². The highest BCUT2D eigenvalue weighted by atomic mass is 16.6. The lowest BCUT2D eigenvalue weighted by Crippen LogP contribution is -2.02. The van der Waals surface area contributed by atoms with Crippen molar-refractivity contribution in [3.8, 4) is 0 Å². The molecule has 6 heteroatoms. The second kappa shape index (κ2) is 4.25. The molecule has 0 aliphatic heterocycles. The molecule has 1 aromatic carbocycles. The summed E-state index contributed by atoms with van der Waals surface area (Å²) in [6.07, 6.45) is 3.53. The molecule has 1 aromatic heterocycles. The summed E-state index contributed by atoms with van der Waals surface area (Å²) in [5.41, 5.74) is 6.49. The van der Waals surface area contributed by atoms with E-state index in [4.69, 9.17) is 5.73 Å². The van der Waals surface area contributed by atoms with Crippen molar-refractivity contribution in [1.29, 1.82) is 0 Å². The Bertz CT molecular complexity index is 562. The minimum atomic E-state index is -0.473. The zero-order chi connectivity index (χ0) is 12.4. The number of nitrogens with zero attached hydrogens (tertiary/aromatic N) is 3. The smallest absolute Gasteiger partial charge is 0.292 e. The van der Waals surface area contributed by atoms with E-state index in [1.165, 1.54) is 6.07 Å². The molecule has 0 unspecified atom stereocenters. The number of aromatic nitrogens is 2. The first-order valence-electron chi connectivity index (χ1n) is 5.08. The highest BCUT2D eigenvalue weighted by molar-refractivity contribution is 5.59. The van der Waals surface area contributed by atoms with E-state index in [0.717, 1.165) is 11.4 Å². The molecule has 2 N–H and O–H groups in total. The number of anilines is 1. The average Bonchev–Trinajstić information content (AvgIpc) is 2.67. The quantitative estimate of drug-likeness (QED) is 0.496. The predicted octanol–water partition coefficient (Wildman–Crippen LogP) is 1.73. The van der Waals surface area contributed by atoms with E-state index < -0.39 is 4.92 Å². The van der Waals surface area contributed by atoms with Gasteiger partial charge in [0.25, 0.3) is 5.69 Å². The number of hydrogen-bond donors (Lipinski definition) is 1. The molecule has 0 aliphatic carbocycles. The van der Waals surface area contributed by atoms with Crippen molar-refractivity contribution in [2.75, 3.05) is 5.73 Å². The molecule has 0 aliphatic rings. The van der Waals surface area contributed by atoms with Gasteiger partial charge in [-0.05, 0) is 18.6 Å². The number of aryl methyl sites for hydroxylation is 1. The second-order valence-electron chi connectivity index (χ2n) is 3.75. The van der Waals surface area contributed by atoms with Crippen LogP contribution in [0, 0.1) is 17.0 Å². The van der Waals surface area contributed by atoms with E-state index in [1.807, 2.05) is 17.7 Å². The molecule has 0 spiro atoms. The highest BCUT2D eigenvalue weighted by Crippen LogP contribution is 2.22. The number of rotatable bonds is 3. The van der Waals surface area contributed by atoms with Crippen molar-refractivity contribution < 1.29 is 4.92 Å². The van der Waals surface area contributed by atoms with Crippen molar-refractivity contribution in [3.05, 3.63) is 52.1 Å². The molecule has 0 atom stereocenters. The zero-order valence-corrected chi connectivity index (χ0v) is 9.33. The average molecular weight is 232 g/mol. The number of nitrogens with two attached hydrogens (primary N) is 1. The van der Waals surface area contributed by atoms with Crippen molar-refractivity contribution in [3.63, 3.8) is 0 Å². The molecule has 0 amide bonds. The summed E-state index contributed by atoms with van der Waals surface area (Å²) >= 11 is 0. The topological polar surface area (TPSA) is 87.0 Å². The lowest BCUT2D eigenvalue weighted by molar-refractivity contribution is -0.384. The largest absolute Gasteiger partial charge is 0.393 e. The number of benzene rings is 1. The molecule has 0 radical (unpaired) electrons. The van der Waals surface area contributed by atoms with E-state index in [9.17, 15) is 10.1 Å². The van der Waals surface area contributed by atoms with E-state index >= 15 is 0 Å².